The maximum atomic E-state index is 4.36. The summed E-state index contributed by atoms with van der Waals surface area (Å²) in [6.07, 6.45) is 13.2. The molecule has 1 aromatic carbocycles. The molecule has 1 aromatic heterocycles. The Bertz CT molecular complexity index is 673. The summed E-state index contributed by atoms with van der Waals surface area (Å²) >= 11 is 0. The summed E-state index contributed by atoms with van der Waals surface area (Å²) in [5, 5.41) is 7.67. The van der Waals surface area contributed by atoms with Gasteiger partial charge in [-0.3, -0.25) is 5.10 Å². The molecule has 2 aliphatic rings. The van der Waals surface area contributed by atoms with Gasteiger partial charge in [-0.2, -0.15) is 5.10 Å². The molecule has 2 atom stereocenters. The van der Waals surface area contributed by atoms with Gasteiger partial charge >= 0.3 is 0 Å². The molecule has 0 saturated carbocycles. The maximum absolute atomic E-state index is 4.36. The molecule has 1 saturated heterocycles. The number of nitrogens with one attached hydrogen (secondary N) is 1. The molecule has 2 heterocycles. The fraction of sp³-hybridized carbons (Fsp3) is 0.476. The molecule has 2 aromatic rings. The van der Waals surface area contributed by atoms with Crippen molar-refractivity contribution in [3.8, 4) is 11.1 Å². The normalized spacial score (nSPS) is 25.0. The van der Waals surface area contributed by atoms with Gasteiger partial charge in [-0.05, 0) is 50.1 Å². The molecular formula is C21H27N3. The van der Waals surface area contributed by atoms with Crippen LogP contribution in [0.3, 0.4) is 0 Å². The third-order valence-electron chi connectivity index (χ3n) is 5.56. The van der Waals surface area contributed by atoms with Crippen molar-refractivity contribution >= 4 is 0 Å². The molecule has 0 radical (unpaired) electrons. The Morgan fingerprint density at radius 3 is 2.88 bits per heavy atom. The van der Waals surface area contributed by atoms with E-state index in [4.69, 9.17) is 0 Å². The van der Waals surface area contributed by atoms with Gasteiger partial charge < -0.3 is 4.90 Å². The Hall–Kier alpha value is -1.87. The van der Waals surface area contributed by atoms with Gasteiger partial charge in [0.2, 0.25) is 0 Å². The molecule has 126 valence electrons. The predicted molar refractivity (Wildman–Crippen MR) is 98.9 cm³/mol. The number of likely N-dealkylation sites (tertiary alicyclic amines) is 1. The molecular weight excluding hydrogens is 294 g/mol. The predicted octanol–water partition coefficient (Wildman–Crippen LogP) is 4.61. The smallest absolute Gasteiger partial charge is 0.0568 e. The van der Waals surface area contributed by atoms with Gasteiger partial charge in [0.15, 0.2) is 0 Å². The van der Waals surface area contributed by atoms with Crippen LogP contribution in [0.5, 0.6) is 0 Å². The number of rotatable bonds is 4. The quantitative estimate of drug-likeness (QED) is 0.834. The Morgan fingerprint density at radius 1 is 1.12 bits per heavy atom. The number of H-pyrrole nitrogens is 1. The van der Waals surface area contributed by atoms with Crippen LogP contribution in [0.1, 0.15) is 43.7 Å². The van der Waals surface area contributed by atoms with Gasteiger partial charge in [0.1, 0.15) is 0 Å². The Labute approximate surface area is 144 Å². The first-order valence-corrected chi connectivity index (χ1v) is 9.36. The lowest BCUT2D eigenvalue weighted by Gasteiger charge is -2.35. The van der Waals surface area contributed by atoms with Crippen LogP contribution in [0.4, 0.5) is 0 Å². The number of aromatic amines is 1. The standard InChI is InChI=1S/C21H27N3/c1-3-8-17(9-4-1)15-24-13-7-12-19(16-24)21-20(14-22-23-21)18-10-5-2-6-11-18/h1-3,5-6,10-11,14,17,19H,4,7-9,12-13,15-16H2,(H,22,23). The maximum Gasteiger partial charge on any atom is 0.0568 e. The SMILES string of the molecule is C1=CCC(CN2CCCC(c3[nH]ncc3-c3ccccc3)C2)CC1. The second-order valence-electron chi connectivity index (χ2n) is 7.31. The lowest BCUT2D eigenvalue weighted by Crippen LogP contribution is -2.38. The van der Waals surface area contributed by atoms with E-state index in [-0.39, 0.29) is 0 Å². The minimum absolute atomic E-state index is 0.579. The summed E-state index contributed by atoms with van der Waals surface area (Å²) in [6, 6.07) is 10.7. The number of piperidine rings is 1. The van der Waals surface area contributed by atoms with E-state index >= 15 is 0 Å². The molecule has 1 fully saturated rings. The van der Waals surface area contributed by atoms with Crippen molar-refractivity contribution < 1.29 is 0 Å². The summed E-state index contributed by atoms with van der Waals surface area (Å²) < 4.78 is 0. The molecule has 3 nitrogen and oxygen atoms in total. The monoisotopic (exact) mass is 321 g/mol. The summed E-state index contributed by atoms with van der Waals surface area (Å²) in [6.45, 7) is 3.68. The Kier molecular flexibility index (Phi) is 4.79. The van der Waals surface area contributed by atoms with Crippen LogP contribution in [0.15, 0.2) is 48.7 Å². The number of hydrogen-bond acceptors (Lipinski definition) is 2. The summed E-state index contributed by atoms with van der Waals surface area (Å²) in [4.78, 5) is 2.69. The van der Waals surface area contributed by atoms with Crippen molar-refractivity contribution in [2.75, 3.05) is 19.6 Å². The van der Waals surface area contributed by atoms with Crippen LogP contribution in [0.25, 0.3) is 11.1 Å². The van der Waals surface area contributed by atoms with Gasteiger partial charge in [-0.15, -0.1) is 0 Å². The van der Waals surface area contributed by atoms with Crippen LogP contribution in [0, 0.1) is 5.92 Å². The molecule has 0 spiro atoms. The molecule has 3 heteroatoms. The molecule has 0 bridgehead atoms. The minimum Gasteiger partial charge on any atom is -0.302 e. The summed E-state index contributed by atoms with van der Waals surface area (Å²) in [5.41, 5.74) is 3.88. The van der Waals surface area contributed by atoms with E-state index in [1.807, 2.05) is 6.20 Å². The first-order chi connectivity index (χ1) is 11.9. The first-order valence-electron chi connectivity index (χ1n) is 9.36. The van der Waals surface area contributed by atoms with Crippen LogP contribution < -0.4 is 0 Å². The van der Waals surface area contributed by atoms with Crippen molar-refractivity contribution in [3.05, 3.63) is 54.4 Å². The zero-order valence-electron chi connectivity index (χ0n) is 14.3. The van der Waals surface area contributed by atoms with E-state index in [0.29, 0.717) is 5.92 Å². The number of allylic oxidation sites excluding steroid dienone is 2. The molecule has 2 unspecified atom stereocenters. The lowest BCUT2D eigenvalue weighted by atomic mass is 9.88. The Balaban J connectivity index is 1.47. The molecule has 24 heavy (non-hydrogen) atoms. The average molecular weight is 321 g/mol. The number of hydrogen-bond donors (Lipinski definition) is 1. The lowest BCUT2D eigenvalue weighted by molar-refractivity contribution is 0.173. The summed E-state index contributed by atoms with van der Waals surface area (Å²) in [7, 11) is 0. The van der Waals surface area contributed by atoms with E-state index < -0.39 is 0 Å². The summed E-state index contributed by atoms with van der Waals surface area (Å²) in [5.74, 6) is 1.43. The second kappa shape index (κ2) is 7.35. The third kappa shape index (κ3) is 3.46. The zero-order valence-corrected chi connectivity index (χ0v) is 14.3. The van der Waals surface area contributed by atoms with E-state index in [9.17, 15) is 0 Å². The van der Waals surface area contributed by atoms with Gasteiger partial charge in [-0.1, -0.05) is 42.5 Å². The molecule has 1 aliphatic heterocycles. The van der Waals surface area contributed by atoms with Crippen LogP contribution in [-0.4, -0.2) is 34.7 Å². The average Bonchev–Trinajstić information content (AvgIpc) is 3.13. The molecule has 1 N–H and O–H groups in total. The molecule has 1 aliphatic carbocycles. The largest absolute Gasteiger partial charge is 0.302 e. The number of aromatic nitrogens is 2. The van der Waals surface area contributed by atoms with Crippen LogP contribution >= 0.6 is 0 Å². The van der Waals surface area contributed by atoms with Gasteiger partial charge in [0, 0.05) is 30.3 Å². The van der Waals surface area contributed by atoms with E-state index in [1.54, 1.807) is 0 Å². The fourth-order valence-corrected chi connectivity index (χ4v) is 4.30. The van der Waals surface area contributed by atoms with Crippen LogP contribution in [-0.2, 0) is 0 Å². The highest BCUT2D eigenvalue weighted by Crippen LogP contribution is 2.33. The highest BCUT2D eigenvalue weighted by Gasteiger charge is 2.26. The molecule has 4 rings (SSSR count). The van der Waals surface area contributed by atoms with Gasteiger partial charge in [0.05, 0.1) is 6.20 Å². The fourth-order valence-electron chi connectivity index (χ4n) is 4.30. The van der Waals surface area contributed by atoms with Crippen molar-refractivity contribution in [2.24, 2.45) is 5.92 Å². The van der Waals surface area contributed by atoms with Crippen molar-refractivity contribution in [1.29, 1.82) is 0 Å². The zero-order chi connectivity index (χ0) is 16.2. The number of nitrogens with zero attached hydrogens (tertiary/aromatic N) is 2. The minimum atomic E-state index is 0.579. The highest BCUT2D eigenvalue weighted by atomic mass is 15.2. The van der Waals surface area contributed by atoms with Crippen molar-refractivity contribution in [1.82, 2.24) is 15.1 Å². The van der Waals surface area contributed by atoms with E-state index in [2.05, 4.69) is 57.6 Å². The van der Waals surface area contributed by atoms with Crippen molar-refractivity contribution in [2.45, 2.75) is 38.0 Å². The second-order valence-corrected chi connectivity index (χ2v) is 7.31. The van der Waals surface area contributed by atoms with E-state index in [1.165, 1.54) is 68.6 Å². The molecule has 0 amide bonds. The third-order valence-corrected chi connectivity index (χ3v) is 5.56. The Morgan fingerprint density at radius 2 is 2.04 bits per heavy atom. The topological polar surface area (TPSA) is 31.9 Å². The van der Waals surface area contributed by atoms with Crippen molar-refractivity contribution in [3.63, 3.8) is 0 Å². The van der Waals surface area contributed by atoms with E-state index in [0.717, 1.165) is 5.92 Å². The first kappa shape index (κ1) is 15.6. The van der Waals surface area contributed by atoms with Gasteiger partial charge in [-0.25, -0.2) is 0 Å². The van der Waals surface area contributed by atoms with Gasteiger partial charge in [0.25, 0.3) is 0 Å². The highest BCUT2D eigenvalue weighted by molar-refractivity contribution is 5.65. The number of benzene rings is 1. The van der Waals surface area contributed by atoms with Crippen LogP contribution in [0.2, 0.25) is 0 Å².